The summed E-state index contributed by atoms with van der Waals surface area (Å²) in [5, 5.41) is 6.41. The van der Waals surface area contributed by atoms with E-state index in [0.717, 1.165) is 41.0 Å². The molecule has 9 heteroatoms. The van der Waals surface area contributed by atoms with Crippen LogP contribution in [0.5, 0.6) is 11.5 Å². The lowest BCUT2D eigenvalue weighted by molar-refractivity contribution is 0.233. The summed E-state index contributed by atoms with van der Waals surface area (Å²) in [6.07, 6.45) is 7.55. The highest BCUT2D eigenvalue weighted by molar-refractivity contribution is 6.05. The molecule has 38 heavy (non-hydrogen) atoms. The monoisotopic (exact) mass is 517 g/mol. The standard InChI is InChI=1S/C20H17N3O3.C9H18N2O/c1-24-14-7-3-12(4-8-14)16-17-19(21)22-11-23-20(17)26-18(16)13-5-9-15(25-2)10-6-13;1-2-10-9(12)11-8-6-4-3-5-7-8/h3-11H,1-2H3,(H2,21,22,23);8H,2-7H2,1H3,(H2,10,11,12). The van der Waals surface area contributed by atoms with Gasteiger partial charge in [-0.1, -0.05) is 31.4 Å². The maximum atomic E-state index is 11.1. The van der Waals surface area contributed by atoms with Crippen LogP contribution in [0.2, 0.25) is 0 Å². The molecule has 0 atom stereocenters. The lowest BCUT2D eigenvalue weighted by Crippen LogP contribution is -2.42. The second-order valence-electron chi connectivity index (χ2n) is 9.04. The largest absolute Gasteiger partial charge is 0.497 e. The van der Waals surface area contributed by atoms with Crippen molar-refractivity contribution in [1.82, 2.24) is 20.6 Å². The Balaban J connectivity index is 0.000000236. The number of benzene rings is 2. The van der Waals surface area contributed by atoms with Gasteiger partial charge in [0.25, 0.3) is 0 Å². The van der Waals surface area contributed by atoms with E-state index in [4.69, 9.17) is 19.6 Å². The van der Waals surface area contributed by atoms with Crippen LogP contribution < -0.4 is 25.8 Å². The molecule has 1 aliphatic carbocycles. The van der Waals surface area contributed by atoms with Gasteiger partial charge in [-0.25, -0.2) is 14.8 Å². The number of anilines is 1. The fraction of sp³-hybridized carbons (Fsp3) is 0.345. The number of nitrogens with one attached hydrogen (secondary N) is 2. The molecular weight excluding hydrogens is 482 g/mol. The number of aromatic nitrogens is 2. The molecule has 0 bridgehead atoms. The molecule has 4 aromatic rings. The van der Waals surface area contributed by atoms with E-state index in [0.29, 0.717) is 35.3 Å². The second kappa shape index (κ2) is 12.8. The number of hydrogen-bond donors (Lipinski definition) is 3. The van der Waals surface area contributed by atoms with E-state index >= 15 is 0 Å². The van der Waals surface area contributed by atoms with E-state index < -0.39 is 0 Å². The van der Waals surface area contributed by atoms with E-state index in [1.54, 1.807) is 14.2 Å². The van der Waals surface area contributed by atoms with Crippen LogP contribution >= 0.6 is 0 Å². The number of nitrogens with zero attached hydrogens (tertiary/aromatic N) is 2. The van der Waals surface area contributed by atoms with Crippen molar-refractivity contribution in [3.63, 3.8) is 0 Å². The number of methoxy groups -OCH3 is 2. The number of furan rings is 1. The predicted octanol–water partition coefficient (Wildman–Crippen LogP) is 5.79. The highest BCUT2D eigenvalue weighted by Gasteiger charge is 2.21. The zero-order valence-electron chi connectivity index (χ0n) is 22.1. The smallest absolute Gasteiger partial charge is 0.314 e. The van der Waals surface area contributed by atoms with E-state index in [-0.39, 0.29) is 6.03 Å². The lowest BCUT2D eigenvalue weighted by atomic mass is 9.96. The number of nitrogen functional groups attached to an aromatic ring is 1. The van der Waals surface area contributed by atoms with Gasteiger partial charge in [-0.2, -0.15) is 0 Å². The summed E-state index contributed by atoms with van der Waals surface area (Å²) in [5.41, 5.74) is 9.28. The molecule has 0 spiro atoms. The molecule has 5 rings (SSSR count). The number of carbonyl (C=O) groups excluding carboxylic acids is 1. The Morgan fingerprint density at radius 2 is 1.55 bits per heavy atom. The quantitative estimate of drug-likeness (QED) is 0.295. The first-order chi connectivity index (χ1) is 18.5. The molecule has 2 amide bonds. The van der Waals surface area contributed by atoms with E-state index in [1.807, 2.05) is 55.5 Å². The first kappa shape index (κ1) is 26.8. The van der Waals surface area contributed by atoms with Gasteiger partial charge < -0.3 is 30.3 Å². The Hall–Kier alpha value is -4.27. The van der Waals surface area contributed by atoms with Crippen LogP contribution in [0.25, 0.3) is 33.6 Å². The Labute approximate surface area is 222 Å². The van der Waals surface area contributed by atoms with Gasteiger partial charge in [0.15, 0.2) is 0 Å². The number of nitrogens with two attached hydrogens (primary N) is 1. The number of amides is 2. The molecule has 2 aromatic heterocycles. The van der Waals surface area contributed by atoms with Crippen molar-refractivity contribution in [2.45, 2.75) is 45.1 Å². The third-order valence-electron chi connectivity index (χ3n) is 6.53. The molecule has 2 aromatic carbocycles. The van der Waals surface area contributed by atoms with Crippen LogP contribution in [0.1, 0.15) is 39.0 Å². The minimum atomic E-state index is -0.00981. The van der Waals surface area contributed by atoms with Crippen LogP contribution in [0.3, 0.4) is 0 Å². The topological polar surface area (TPSA) is 125 Å². The lowest BCUT2D eigenvalue weighted by Gasteiger charge is -2.22. The minimum absolute atomic E-state index is 0.00981. The first-order valence-electron chi connectivity index (χ1n) is 12.9. The van der Waals surface area contributed by atoms with Gasteiger partial charge in [-0.3, -0.25) is 0 Å². The van der Waals surface area contributed by atoms with Crippen molar-refractivity contribution in [3.05, 3.63) is 54.9 Å². The third-order valence-corrected chi connectivity index (χ3v) is 6.53. The Morgan fingerprint density at radius 1 is 0.947 bits per heavy atom. The van der Waals surface area contributed by atoms with E-state index in [9.17, 15) is 4.79 Å². The molecule has 1 aliphatic rings. The maximum absolute atomic E-state index is 11.1. The van der Waals surface area contributed by atoms with Gasteiger partial charge in [0.2, 0.25) is 5.71 Å². The van der Waals surface area contributed by atoms with Gasteiger partial charge in [0.05, 0.1) is 19.6 Å². The second-order valence-corrected chi connectivity index (χ2v) is 9.04. The number of urea groups is 1. The van der Waals surface area contributed by atoms with E-state index in [1.165, 1.54) is 25.6 Å². The number of ether oxygens (including phenoxy) is 2. The molecule has 0 saturated heterocycles. The van der Waals surface area contributed by atoms with Crippen LogP contribution in [0.15, 0.2) is 59.3 Å². The van der Waals surface area contributed by atoms with Crippen LogP contribution in [0.4, 0.5) is 10.6 Å². The molecule has 1 saturated carbocycles. The van der Waals surface area contributed by atoms with E-state index in [2.05, 4.69) is 20.6 Å². The molecule has 2 heterocycles. The highest BCUT2D eigenvalue weighted by Crippen LogP contribution is 2.42. The number of rotatable bonds is 6. The fourth-order valence-electron chi connectivity index (χ4n) is 4.58. The molecule has 0 unspecified atom stereocenters. The predicted molar refractivity (Wildman–Crippen MR) is 149 cm³/mol. The van der Waals surface area contributed by atoms with Crippen LogP contribution in [-0.4, -0.2) is 42.8 Å². The summed E-state index contributed by atoms with van der Waals surface area (Å²) < 4.78 is 16.5. The molecular formula is C29H35N5O4. The average molecular weight is 518 g/mol. The number of hydrogen-bond acceptors (Lipinski definition) is 7. The summed E-state index contributed by atoms with van der Waals surface area (Å²) >= 11 is 0. The maximum Gasteiger partial charge on any atom is 0.314 e. The Morgan fingerprint density at radius 3 is 2.13 bits per heavy atom. The molecule has 200 valence electrons. The zero-order valence-corrected chi connectivity index (χ0v) is 22.1. The van der Waals surface area contributed by atoms with Gasteiger partial charge in [-0.05, 0) is 61.7 Å². The molecule has 4 N–H and O–H groups in total. The third kappa shape index (κ3) is 6.34. The van der Waals surface area contributed by atoms with Crippen molar-refractivity contribution in [2.24, 2.45) is 0 Å². The first-order valence-corrected chi connectivity index (χ1v) is 12.9. The van der Waals surface area contributed by atoms with Crippen molar-refractivity contribution in [2.75, 3.05) is 26.5 Å². The van der Waals surface area contributed by atoms with Gasteiger partial charge in [0.1, 0.15) is 29.4 Å². The SMILES string of the molecule is CCNC(=O)NC1CCCCC1.COc1ccc(-c2oc3ncnc(N)c3c2-c2ccc(OC)cc2)cc1. The van der Waals surface area contributed by atoms with Crippen molar-refractivity contribution in [1.29, 1.82) is 0 Å². The minimum Gasteiger partial charge on any atom is -0.497 e. The van der Waals surface area contributed by atoms with Gasteiger partial charge in [0, 0.05) is 23.7 Å². The molecule has 0 aliphatic heterocycles. The Kier molecular flexibility index (Phi) is 9.02. The van der Waals surface area contributed by atoms with Crippen molar-refractivity contribution in [3.8, 4) is 33.9 Å². The van der Waals surface area contributed by atoms with Crippen molar-refractivity contribution < 1.29 is 18.7 Å². The summed E-state index contributed by atoms with van der Waals surface area (Å²) in [6.45, 7) is 2.64. The summed E-state index contributed by atoms with van der Waals surface area (Å²) in [5.74, 6) is 2.61. The molecule has 1 fully saturated rings. The van der Waals surface area contributed by atoms with Gasteiger partial charge in [-0.15, -0.1) is 0 Å². The fourth-order valence-corrected chi connectivity index (χ4v) is 4.58. The number of carbonyl (C=O) groups is 1. The van der Waals surface area contributed by atoms with Gasteiger partial charge >= 0.3 is 6.03 Å². The van der Waals surface area contributed by atoms with Crippen molar-refractivity contribution >= 4 is 22.9 Å². The molecule has 9 nitrogen and oxygen atoms in total. The summed E-state index contributed by atoms with van der Waals surface area (Å²) in [6, 6.07) is 15.8. The number of fused-ring (bicyclic) bond motifs is 1. The molecule has 0 radical (unpaired) electrons. The highest BCUT2D eigenvalue weighted by atomic mass is 16.5. The summed E-state index contributed by atoms with van der Waals surface area (Å²) in [7, 11) is 3.27. The normalized spacial score (nSPS) is 13.3. The summed E-state index contributed by atoms with van der Waals surface area (Å²) in [4.78, 5) is 19.4. The average Bonchev–Trinajstić information content (AvgIpc) is 3.35. The zero-order chi connectivity index (χ0) is 26.9. The van der Waals surface area contributed by atoms with Crippen LogP contribution in [0, 0.1) is 0 Å². The van der Waals surface area contributed by atoms with Crippen LogP contribution in [-0.2, 0) is 0 Å². The Bertz CT molecular complexity index is 1330.